The third kappa shape index (κ3) is 8.13. The van der Waals surface area contributed by atoms with Crippen LogP contribution in [0.15, 0.2) is 48.5 Å². The molecule has 0 atom stereocenters. The van der Waals surface area contributed by atoms with Crippen molar-refractivity contribution in [2.45, 2.75) is 36.5 Å². The highest BCUT2D eigenvalue weighted by molar-refractivity contribution is 7.33. The number of benzene rings is 2. The van der Waals surface area contributed by atoms with E-state index >= 15 is 0 Å². The zero-order valence-electron chi connectivity index (χ0n) is 18.8. The summed E-state index contributed by atoms with van der Waals surface area (Å²) in [5.41, 5.74) is 0.619. The molecule has 2 aromatic rings. The molecule has 0 radical (unpaired) electrons. The van der Waals surface area contributed by atoms with E-state index in [0.717, 1.165) is 11.1 Å². The summed E-state index contributed by atoms with van der Waals surface area (Å²) in [6, 6.07) is 13.5. The molecule has 34 heavy (non-hydrogen) atoms. The summed E-state index contributed by atoms with van der Waals surface area (Å²) in [7, 11) is -2.47. The van der Waals surface area contributed by atoms with E-state index in [-0.39, 0.29) is 24.7 Å². The van der Waals surface area contributed by atoms with Crippen LogP contribution in [-0.2, 0) is 24.4 Å². The van der Waals surface area contributed by atoms with Crippen LogP contribution < -0.4 is 0 Å². The number of hydrogen-bond acceptors (Lipinski definition) is 5. The van der Waals surface area contributed by atoms with Gasteiger partial charge in [-0.15, -0.1) is 55.5 Å². The highest BCUT2D eigenvalue weighted by Gasteiger charge is 2.39. The van der Waals surface area contributed by atoms with Crippen molar-refractivity contribution in [3.8, 4) is 11.5 Å². The topological polar surface area (TPSA) is 76.0 Å². The fraction of sp³-hybridized carbons (Fsp3) is 0.500. The molecule has 0 amide bonds. The standard InChI is InChI=1S/C24H29Cl4O5P/c25-13-9-23(10-14-26,19-1-5-21(29)6-2-19)17-32-34(31)33-18-24(11-15-27,12-16-28)20-3-7-22(30)8-4-20/h1-8H,9-18H2,(H-,29,30)/p+1. The van der Waals surface area contributed by atoms with Crippen LogP contribution in [0.4, 0.5) is 0 Å². The van der Waals surface area contributed by atoms with Crippen molar-refractivity contribution in [1.82, 2.24) is 0 Å². The Balaban J connectivity index is 2.17. The van der Waals surface area contributed by atoms with Crippen LogP contribution in [0.5, 0.6) is 11.5 Å². The molecule has 2 aromatic carbocycles. The molecule has 0 fully saturated rings. The van der Waals surface area contributed by atoms with Gasteiger partial charge in [-0.3, -0.25) is 0 Å². The second-order valence-electron chi connectivity index (χ2n) is 8.18. The number of halogens is 4. The van der Waals surface area contributed by atoms with Gasteiger partial charge >= 0.3 is 8.25 Å². The van der Waals surface area contributed by atoms with Crippen LogP contribution in [0, 0.1) is 0 Å². The largest absolute Gasteiger partial charge is 0.697 e. The second kappa shape index (κ2) is 14.7. The summed E-state index contributed by atoms with van der Waals surface area (Å²) in [5.74, 6) is 1.72. The maximum absolute atomic E-state index is 12.8. The van der Waals surface area contributed by atoms with Crippen LogP contribution >= 0.6 is 54.7 Å². The molecule has 0 saturated carbocycles. The fourth-order valence-electron chi connectivity index (χ4n) is 4.03. The quantitative estimate of drug-likeness (QED) is 0.162. The van der Waals surface area contributed by atoms with Crippen molar-refractivity contribution in [3.05, 3.63) is 59.7 Å². The Morgan fingerprint density at radius 2 is 0.912 bits per heavy atom. The van der Waals surface area contributed by atoms with Gasteiger partial charge in [0.1, 0.15) is 24.7 Å². The lowest BCUT2D eigenvalue weighted by atomic mass is 9.76. The molecule has 188 valence electrons. The molecule has 10 heteroatoms. The van der Waals surface area contributed by atoms with Crippen molar-refractivity contribution in [3.63, 3.8) is 0 Å². The van der Waals surface area contributed by atoms with Gasteiger partial charge in [-0.2, -0.15) is 0 Å². The van der Waals surface area contributed by atoms with Crippen LogP contribution in [0.2, 0.25) is 0 Å². The van der Waals surface area contributed by atoms with Crippen LogP contribution in [-0.4, -0.2) is 46.9 Å². The molecule has 0 spiro atoms. The Morgan fingerprint density at radius 3 is 1.18 bits per heavy atom. The molecule has 0 saturated heterocycles. The highest BCUT2D eigenvalue weighted by atomic mass is 35.5. The number of rotatable bonds is 16. The second-order valence-corrected chi connectivity index (χ2v) is 10.7. The van der Waals surface area contributed by atoms with Gasteiger partial charge in [0.2, 0.25) is 0 Å². The van der Waals surface area contributed by atoms with Crippen molar-refractivity contribution < 1.29 is 23.8 Å². The van der Waals surface area contributed by atoms with Gasteiger partial charge in [0.15, 0.2) is 0 Å². The summed E-state index contributed by atoms with van der Waals surface area (Å²) in [4.78, 5) is 0. The first-order valence-electron chi connectivity index (χ1n) is 10.9. The maximum atomic E-state index is 12.8. The zero-order valence-corrected chi connectivity index (χ0v) is 22.7. The van der Waals surface area contributed by atoms with Gasteiger partial charge in [0.05, 0.1) is 0 Å². The Labute approximate surface area is 222 Å². The summed E-state index contributed by atoms with van der Waals surface area (Å²) >= 11 is 24.4. The Kier molecular flexibility index (Phi) is 12.7. The number of aromatic hydroxyl groups is 2. The molecule has 2 rings (SSSR count). The Morgan fingerprint density at radius 1 is 0.618 bits per heavy atom. The van der Waals surface area contributed by atoms with Gasteiger partial charge in [0.25, 0.3) is 0 Å². The first-order chi connectivity index (χ1) is 16.3. The minimum absolute atomic E-state index is 0.0869. The number of hydrogen-bond donors (Lipinski definition) is 2. The molecule has 0 aliphatic carbocycles. The molecule has 0 unspecified atom stereocenters. The lowest BCUT2D eigenvalue weighted by Gasteiger charge is -2.32. The van der Waals surface area contributed by atoms with Crippen molar-refractivity contribution in [1.29, 1.82) is 0 Å². The number of phenols is 2. The Bertz CT molecular complexity index is 796. The van der Waals surface area contributed by atoms with Crippen LogP contribution in [0.1, 0.15) is 36.8 Å². The third-order valence-electron chi connectivity index (χ3n) is 6.14. The van der Waals surface area contributed by atoms with E-state index in [1.807, 2.05) is 0 Å². The predicted octanol–water partition coefficient (Wildman–Crippen LogP) is 7.48. The summed E-state index contributed by atoms with van der Waals surface area (Å²) < 4.78 is 24.2. The first kappa shape index (κ1) is 29.5. The van der Waals surface area contributed by atoms with E-state index in [1.165, 1.54) is 0 Å². The zero-order chi connectivity index (χ0) is 25.0. The Hall–Kier alpha value is -0.780. The lowest BCUT2D eigenvalue weighted by Crippen LogP contribution is -2.34. The lowest BCUT2D eigenvalue weighted by molar-refractivity contribution is 0.145. The normalized spacial score (nSPS) is 12.1. The minimum atomic E-state index is -2.47. The molecular formula is C24H30Cl4O5P+. The molecule has 2 N–H and O–H groups in total. The van der Waals surface area contributed by atoms with Gasteiger partial charge in [0, 0.05) is 38.9 Å². The predicted molar refractivity (Wildman–Crippen MR) is 140 cm³/mol. The third-order valence-corrected chi connectivity index (χ3v) is 7.58. The van der Waals surface area contributed by atoms with Gasteiger partial charge in [-0.05, 0) is 61.1 Å². The maximum Gasteiger partial charge on any atom is 0.697 e. The molecular weight excluding hydrogens is 541 g/mol. The van der Waals surface area contributed by atoms with E-state index in [4.69, 9.17) is 55.5 Å². The van der Waals surface area contributed by atoms with E-state index in [0.29, 0.717) is 49.2 Å². The molecule has 0 aromatic heterocycles. The van der Waals surface area contributed by atoms with Crippen molar-refractivity contribution in [2.75, 3.05) is 36.7 Å². The van der Waals surface area contributed by atoms with E-state index in [9.17, 15) is 14.8 Å². The fourth-order valence-corrected chi connectivity index (χ4v) is 6.25. The molecule has 0 aliphatic rings. The van der Waals surface area contributed by atoms with E-state index < -0.39 is 19.1 Å². The average Bonchev–Trinajstić information content (AvgIpc) is 2.82. The SMILES string of the molecule is O=[P+](OCC(CCCl)(CCCl)c1ccc(O)cc1)OCC(CCCl)(CCCl)c1ccc(O)cc1. The molecule has 5 nitrogen and oxygen atoms in total. The van der Waals surface area contributed by atoms with E-state index in [2.05, 4.69) is 0 Å². The highest BCUT2D eigenvalue weighted by Crippen LogP contribution is 2.41. The van der Waals surface area contributed by atoms with Gasteiger partial charge < -0.3 is 10.2 Å². The minimum Gasteiger partial charge on any atom is -0.508 e. The molecule has 0 heterocycles. The monoisotopic (exact) mass is 569 g/mol. The van der Waals surface area contributed by atoms with Crippen molar-refractivity contribution >= 4 is 54.7 Å². The first-order valence-corrected chi connectivity index (χ1v) is 14.1. The van der Waals surface area contributed by atoms with Crippen LogP contribution in [0.25, 0.3) is 0 Å². The smallest absolute Gasteiger partial charge is 0.508 e. The van der Waals surface area contributed by atoms with E-state index in [1.54, 1.807) is 48.5 Å². The average molecular weight is 571 g/mol. The molecule has 0 bridgehead atoms. The number of phenolic OH excluding ortho intramolecular Hbond substituents is 2. The number of alkyl halides is 4. The summed E-state index contributed by atoms with van der Waals surface area (Å²) in [6.07, 6.45) is 2.19. The molecule has 0 aliphatic heterocycles. The van der Waals surface area contributed by atoms with Gasteiger partial charge in [-0.25, -0.2) is 0 Å². The van der Waals surface area contributed by atoms with Crippen molar-refractivity contribution in [2.24, 2.45) is 0 Å². The summed E-state index contributed by atoms with van der Waals surface area (Å²) in [6.45, 7) is 0.174. The van der Waals surface area contributed by atoms with Gasteiger partial charge in [-0.1, -0.05) is 24.3 Å². The van der Waals surface area contributed by atoms with Crippen LogP contribution in [0.3, 0.4) is 0 Å². The summed E-state index contributed by atoms with van der Waals surface area (Å²) in [5, 5.41) is 19.3.